The number of hydrogen-bond donors (Lipinski definition) is 0. The van der Waals surface area contributed by atoms with Crippen molar-refractivity contribution in [3.63, 3.8) is 0 Å². The van der Waals surface area contributed by atoms with Crippen molar-refractivity contribution in [3.8, 4) is 0 Å². The van der Waals surface area contributed by atoms with E-state index in [1.807, 2.05) is 0 Å². The first kappa shape index (κ1) is 15.5. The Balaban J connectivity index is 2.45. The fraction of sp³-hybridized carbons (Fsp3) is 0.636. The molecule has 7 heteroatoms. The molecule has 0 aromatic carbocycles. The number of ether oxygens (including phenoxy) is 1. The van der Waals surface area contributed by atoms with Crippen molar-refractivity contribution in [1.29, 1.82) is 0 Å². The minimum absolute atomic E-state index is 0.0254. The van der Waals surface area contributed by atoms with E-state index >= 15 is 0 Å². The van der Waals surface area contributed by atoms with E-state index in [1.54, 1.807) is 11.9 Å². The van der Waals surface area contributed by atoms with E-state index in [0.29, 0.717) is 6.61 Å². The summed E-state index contributed by atoms with van der Waals surface area (Å²) in [7, 11) is 1.13. The molecule has 0 amide bonds. The van der Waals surface area contributed by atoms with E-state index in [-0.39, 0.29) is 17.8 Å². The number of aromatic nitrogens is 2. The van der Waals surface area contributed by atoms with Crippen LogP contribution >= 0.6 is 21.6 Å². The number of nitrogens with zero attached hydrogens (tertiary/aromatic N) is 3. The molecule has 0 aliphatic carbocycles. The van der Waals surface area contributed by atoms with Crippen LogP contribution in [0.3, 0.4) is 0 Å². The average Bonchev–Trinajstić information content (AvgIpc) is 2.26. The Kier molecular flexibility index (Phi) is 5.62. The molecule has 1 heterocycles. The standard InChI is InChI=1S/C11H19ClFN3OS/c1-16(8-17-5-6-18(2,3)4)10-9(13)7-14-11(12)15-10/h7H,5-6,8H2,1-4H3. The predicted octanol–water partition coefficient (Wildman–Crippen LogP) is 2.37. The highest BCUT2D eigenvalue weighted by Gasteiger charge is 2.11. The van der Waals surface area contributed by atoms with Crippen LogP contribution in [0.25, 0.3) is 0 Å². The van der Waals surface area contributed by atoms with E-state index in [4.69, 9.17) is 16.3 Å². The van der Waals surface area contributed by atoms with E-state index in [0.717, 1.165) is 11.9 Å². The van der Waals surface area contributed by atoms with Crippen LogP contribution in [-0.2, 0) is 4.74 Å². The molecule has 0 bridgehead atoms. The Bertz CT molecular complexity index is 400. The molecule has 0 saturated heterocycles. The molecule has 0 atom stereocenters. The van der Waals surface area contributed by atoms with Crippen LogP contribution in [0.5, 0.6) is 0 Å². The summed E-state index contributed by atoms with van der Waals surface area (Å²) < 4.78 is 18.9. The van der Waals surface area contributed by atoms with Crippen LogP contribution in [0.2, 0.25) is 5.28 Å². The minimum Gasteiger partial charge on any atom is -0.360 e. The second kappa shape index (κ2) is 6.54. The third-order valence-electron chi connectivity index (χ3n) is 2.18. The zero-order valence-corrected chi connectivity index (χ0v) is 12.7. The average molecular weight is 296 g/mol. The zero-order chi connectivity index (χ0) is 13.8. The lowest BCUT2D eigenvalue weighted by Crippen LogP contribution is -2.24. The third kappa shape index (κ3) is 5.37. The van der Waals surface area contributed by atoms with Crippen molar-refractivity contribution in [2.24, 2.45) is 0 Å². The quantitative estimate of drug-likeness (QED) is 0.459. The Labute approximate surface area is 114 Å². The van der Waals surface area contributed by atoms with Crippen molar-refractivity contribution in [1.82, 2.24) is 9.97 Å². The molecule has 0 unspecified atom stereocenters. The summed E-state index contributed by atoms with van der Waals surface area (Å²) in [6.45, 7) is 0.934. The van der Waals surface area contributed by atoms with Gasteiger partial charge in [0.2, 0.25) is 5.28 Å². The number of rotatable bonds is 6. The fourth-order valence-corrected chi connectivity index (χ4v) is 1.92. The van der Waals surface area contributed by atoms with Gasteiger partial charge >= 0.3 is 0 Å². The monoisotopic (exact) mass is 295 g/mol. The topological polar surface area (TPSA) is 38.2 Å². The Hall–Kier alpha value is -0.590. The largest absolute Gasteiger partial charge is 0.360 e. The van der Waals surface area contributed by atoms with Crippen molar-refractivity contribution in [3.05, 3.63) is 17.3 Å². The van der Waals surface area contributed by atoms with Gasteiger partial charge in [0, 0.05) is 12.8 Å². The van der Waals surface area contributed by atoms with E-state index in [1.165, 1.54) is 0 Å². The van der Waals surface area contributed by atoms with Gasteiger partial charge in [0.1, 0.15) is 6.73 Å². The molecule has 0 N–H and O–H groups in total. The molecule has 0 fully saturated rings. The summed E-state index contributed by atoms with van der Waals surface area (Å²) in [6.07, 6.45) is 7.73. The Morgan fingerprint density at radius 1 is 1.44 bits per heavy atom. The second-order valence-corrected chi connectivity index (χ2v) is 9.77. The van der Waals surface area contributed by atoms with E-state index < -0.39 is 15.8 Å². The molecular formula is C11H19ClFN3OS. The number of anilines is 1. The summed E-state index contributed by atoms with van der Waals surface area (Å²) in [5.41, 5.74) is 0. The maximum atomic E-state index is 13.4. The first-order chi connectivity index (χ1) is 8.29. The zero-order valence-electron chi connectivity index (χ0n) is 11.1. The van der Waals surface area contributed by atoms with E-state index in [2.05, 4.69) is 28.7 Å². The lowest BCUT2D eigenvalue weighted by molar-refractivity contribution is 0.152. The highest BCUT2D eigenvalue weighted by atomic mass is 35.5. The normalized spacial score (nSPS) is 12.6. The molecular weight excluding hydrogens is 277 g/mol. The number of hydrogen-bond acceptors (Lipinski definition) is 4. The van der Waals surface area contributed by atoms with Gasteiger partial charge in [-0.05, 0) is 30.4 Å². The van der Waals surface area contributed by atoms with Crippen LogP contribution < -0.4 is 4.90 Å². The Morgan fingerprint density at radius 2 is 2.11 bits per heavy atom. The maximum Gasteiger partial charge on any atom is 0.224 e. The molecule has 18 heavy (non-hydrogen) atoms. The van der Waals surface area contributed by atoms with Crippen LogP contribution in [0, 0.1) is 5.82 Å². The van der Waals surface area contributed by atoms with Gasteiger partial charge in [-0.25, -0.2) is 19.4 Å². The molecule has 0 aliphatic heterocycles. The van der Waals surface area contributed by atoms with Gasteiger partial charge in [-0.15, -0.1) is 0 Å². The molecule has 4 nitrogen and oxygen atoms in total. The van der Waals surface area contributed by atoms with Crippen LogP contribution in [0.1, 0.15) is 0 Å². The predicted molar refractivity (Wildman–Crippen MR) is 76.5 cm³/mol. The summed E-state index contributed by atoms with van der Waals surface area (Å²) in [5.74, 6) is 0.665. The SMILES string of the molecule is CN(COCCS(C)(C)C)c1nc(Cl)ncc1F. The van der Waals surface area contributed by atoms with Crippen molar-refractivity contribution in [2.75, 3.05) is 49.8 Å². The highest BCUT2D eigenvalue weighted by Crippen LogP contribution is 2.33. The van der Waals surface area contributed by atoms with Gasteiger partial charge in [-0.2, -0.15) is 4.98 Å². The van der Waals surface area contributed by atoms with Gasteiger partial charge in [-0.3, -0.25) is 0 Å². The molecule has 0 aliphatic rings. The van der Waals surface area contributed by atoms with Crippen molar-refractivity contribution in [2.45, 2.75) is 0 Å². The van der Waals surface area contributed by atoms with E-state index in [9.17, 15) is 4.39 Å². The van der Waals surface area contributed by atoms with Gasteiger partial charge in [-0.1, -0.05) is 0 Å². The van der Waals surface area contributed by atoms with Gasteiger partial charge < -0.3 is 9.64 Å². The van der Waals surface area contributed by atoms with Crippen LogP contribution in [-0.4, -0.2) is 54.9 Å². The van der Waals surface area contributed by atoms with Gasteiger partial charge in [0.05, 0.1) is 12.8 Å². The fourth-order valence-electron chi connectivity index (χ4n) is 1.18. The maximum absolute atomic E-state index is 13.4. The van der Waals surface area contributed by atoms with Crippen molar-refractivity contribution >= 4 is 27.4 Å². The summed E-state index contributed by atoms with van der Waals surface area (Å²) in [6, 6.07) is 0. The highest BCUT2D eigenvalue weighted by molar-refractivity contribution is 8.32. The lowest BCUT2D eigenvalue weighted by atomic mass is 10.5. The molecule has 1 rings (SSSR count). The van der Waals surface area contributed by atoms with Crippen LogP contribution in [0.4, 0.5) is 10.2 Å². The molecule has 0 spiro atoms. The molecule has 1 aromatic rings. The minimum atomic E-state index is -0.566. The second-order valence-electron chi connectivity index (χ2n) is 4.84. The summed E-state index contributed by atoms with van der Waals surface area (Å²) in [4.78, 5) is 8.97. The first-order valence-corrected chi connectivity index (χ1v) is 8.83. The lowest BCUT2D eigenvalue weighted by Gasteiger charge is -2.25. The smallest absolute Gasteiger partial charge is 0.224 e. The first-order valence-electron chi connectivity index (χ1n) is 5.42. The molecule has 104 valence electrons. The van der Waals surface area contributed by atoms with Gasteiger partial charge in [0.25, 0.3) is 0 Å². The van der Waals surface area contributed by atoms with Gasteiger partial charge in [0.15, 0.2) is 11.6 Å². The third-order valence-corrected chi connectivity index (χ3v) is 3.76. The Morgan fingerprint density at radius 3 is 2.72 bits per heavy atom. The summed E-state index contributed by atoms with van der Waals surface area (Å²) in [5, 5.41) is 0.0254. The number of halogens is 2. The van der Waals surface area contributed by atoms with Crippen LogP contribution in [0.15, 0.2) is 6.20 Å². The molecule has 0 saturated carbocycles. The molecule has 0 radical (unpaired) electrons. The van der Waals surface area contributed by atoms with Crippen molar-refractivity contribution < 1.29 is 9.13 Å². The summed E-state index contributed by atoms with van der Waals surface area (Å²) >= 11 is 5.63. The molecule has 1 aromatic heterocycles.